The van der Waals surface area contributed by atoms with Gasteiger partial charge in [0.05, 0.1) is 22.8 Å². The number of piperazine rings is 1. The molecule has 0 bridgehead atoms. The van der Waals surface area contributed by atoms with Crippen LogP contribution in [0.4, 0.5) is 10.8 Å². The van der Waals surface area contributed by atoms with Gasteiger partial charge in [0.1, 0.15) is 17.1 Å². The molecule has 1 fully saturated rings. The highest BCUT2D eigenvalue weighted by atomic mass is 32.1. The fraction of sp³-hybridized carbons (Fsp3) is 0.438. The van der Waals surface area contributed by atoms with Crippen molar-refractivity contribution in [3.05, 3.63) is 23.8 Å². The number of fused-ring (bicyclic) bond motifs is 1. The molecule has 0 aliphatic carbocycles. The van der Waals surface area contributed by atoms with Crippen LogP contribution in [-0.4, -0.2) is 68.2 Å². The van der Waals surface area contributed by atoms with Crippen LogP contribution >= 0.6 is 11.5 Å². The Labute approximate surface area is 154 Å². The van der Waals surface area contributed by atoms with E-state index in [2.05, 4.69) is 29.7 Å². The van der Waals surface area contributed by atoms with Gasteiger partial charge in [0.2, 0.25) is 0 Å². The summed E-state index contributed by atoms with van der Waals surface area (Å²) in [5, 5.41) is 9.09. The van der Waals surface area contributed by atoms with Crippen LogP contribution in [0.5, 0.6) is 0 Å². The van der Waals surface area contributed by atoms with E-state index >= 15 is 0 Å². The Morgan fingerprint density at radius 3 is 2.73 bits per heavy atom. The largest absolute Gasteiger partial charge is 0.378 e. The van der Waals surface area contributed by atoms with Gasteiger partial charge in [-0.2, -0.15) is 9.47 Å². The normalized spacial score (nSPS) is 14.9. The monoisotopic (exact) mass is 372 g/mol. The van der Waals surface area contributed by atoms with Crippen molar-refractivity contribution in [3.8, 4) is 0 Å². The molecular weight excluding hydrogens is 352 g/mol. The first-order valence-electron chi connectivity index (χ1n) is 8.41. The van der Waals surface area contributed by atoms with Crippen LogP contribution in [0.25, 0.3) is 11.0 Å². The number of aryl methyl sites for hydroxylation is 2. The standard InChI is InChI=1S/C16H20N8OS/c1-10-12(15(17-2)26-21-10)16(25)24-6-4-23(5-7-24)14-11-8-20-22(3)13(11)18-9-19-14/h8-9,17H,4-7H2,1-3H3. The van der Waals surface area contributed by atoms with Gasteiger partial charge in [-0.1, -0.05) is 0 Å². The molecule has 0 atom stereocenters. The van der Waals surface area contributed by atoms with E-state index in [1.165, 1.54) is 11.5 Å². The molecule has 0 spiro atoms. The summed E-state index contributed by atoms with van der Waals surface area (Å²) in [5.41, 5.74) is 2.27. The lowest BCUT2D eigenvalue weighted by Gasteiger charge is -2.35. The predicted octanol–water partition coefficient (Wildman–Crippen LogP) is 1.13. The quantitative estimate of drug-likeness (QED) is 0.737. The molecule has 1 amide bonds. The van der Waals surface area contributed by atoms with Crippen molar-refractivity contribution in [1.29, 1.82) is 0 Å². The maximum atomic E-state index is 12.9. The summed E-state index contributed by atoms with van der Waals surface area (Å²) in [6.07, 6.45) is 3.36. The van der Waals surface area contributed by atoms with Crippen LogP contribution in [0.1, 0.15) is 16.1 Å². The van der Waals surface area contributed by atoms with Crippen molar-refractivity contribution in [1.82, 2.24) is 29.0 Å². The number of carbonyl (C=O) groups excluding carboxylic acids is 1. The van der Waals surface area contributed by atoms with E-state index in [1.807, 2.05) is 25.9 Å². The van der Waals surface area contributed by atoms with E-state index in [0.717, 1.165) is 40.6 Å². The Morgan fingerprint density at radius 2 is 2.00 bits per heavy atom. The van der Waals surface area contributed by atoms with Crippen LogP contribution in [0.2, 0.25) is 0 Å². The molecule has 26 heavy (non-hydrogen) atoms. The van der Waals surface area contributed by atoms with Crippen LogP contribution in [0, 0.1) is 6.92 Å². The number of amides is 1. The average Bonchev–Trinajstić information content (AvgIpc) is 3.24. The van der Waals surface area contributed by atoms with Gasteiger partial charge in [0, 0.05) is 40.3 Å². The lowest BCUT2D eigenvalue weighted by atomic mass is 10.2. The Hall–Kier alpha value is -2.75. The molecule has 4 heterocycles. The van der Waals surface area contributed by atoms with Crippen molar-refractivity contribution in [2.45, 2.75) is 6.92 Å². The molecule has 4 rings (SSSR count). The highest BCUT2D eigenvalue weighted by Crippen LogP contribution is 2.27. The Bertz CT molecular complexity index is 956. The summed E-state index contributed by atoms with van der Waals surface area (Å²) in [7, 11) is 3.68. The topological polar surface area (TPSA) is 92.1 Å². The lowest BCUT2D eigenvalue weighted by molar-refractivity contribution is 0.0747. The van der Waals surface area contributed by atoms with E-state index in [0.29, 0.717) is 18.7 Å². The molecule has 0 unspecified atom stereocenters. The summed E-state index contributed by atoms with van der Waals surface area (Å²) < 4.78 is 6.04. The van der Waals surface area contributed by atoms with Crippen molar-refractivity contribution in [3.63, 3.8) is 0 Å². The second-order valence-electron chi connectivity index (χ2n) is 6.20. The zero-order valence-corrected chi connectivity index (χ0v) is 15.7. The number of anilines is 2. The molecular formula is C16H20N8OS. The van der Waals surface area contributed by atoms with Crippen molar-refractivity contribution >= 4 is 39.3 Å². The Morgan fingerprint density at radius 1 is 1.23 bits per heavy atom. The van der Waals surface area contributed by atoms with Crippen molar-refractivity contribution in [2.24, 2.45) is 7.05 Å². The minimum Gasteiger partial charge on any atom is -0.378 e. The van der Waals surface area contributed by atoms with Crippen LogP contribution in [0.15, 0.2) is 12.5 Å². The lowest BCUT2D eigenvalue weighted by Crippen LogP contribution is -2.49. The van der Waals surface area contributed by atoms with Gasteiger partial charge in [-0.3, -0.25) is 9.48 Å². The summed E-state index contributed by atoms with van der Waals surface area (Å²) in [6.45, 7) is 4.60. The molecule has 0 saturated carbocycles. The molecule has 3 aromatic heterocycles. The molecule has 9 nitrogen and oxygen atoms in total. The molecule has 136 valence electrons. The van der Waals surface area contributed by atoms with E-state index in [1.54, 1.807) is 17.2 Å². The van der Waals surface area contributed by atoms with Crippen molar-refractivity contribution in [2.75, 3.05) is 43.4 Å². The first kappa shape index (κ1) is 16.7. The third-order valence-electron chi connectivity index (χ3n) is 4.68. The maximum Gasteiger partial charge on any atom is 0.258 e. The fourth-order valence-corrected chi connectivity index (χ4v) is 4.01. The highest BCUT2D eigenvalue weighted by Gasteiger charge is 2.28. The van der Waals surface area contributed by atoms with Gasteiger partial charge in [-0.05, 0) is 18.5 Å². The summed E-state index contributed by atoms with van der Waals surface area (Å²) in [4.78, 5) is 25.7. The Balaban J connectivity index is 1.52. The molecule has 0 aromatic carbocycles. The zero-order chi connectivity index (χ0) is 18.3. The first-order valence-corrected chi connectivity index (χ1v) is 9.18. The fourth-order valence-electron chi connectivity index (χ4n) is 3.27. The molecule has 1 aliphatic heterocycles. The van der Waals surface area contributed by atoms with E-state index < -0.39 is 0 Å². The predicted molar refractivity (Wildman–Crippen MR) is 101 cm³/mol. The third kappa shape index (κ3) is 2.66. The number of aromatic nitrogens is 5. The zero-order valence-electron chi connectivity index (χ0n) is 14.9. The number of hydrogen-bond acceptors (Lipinski definition) is 8. The molecule has 3 aromatic rings. The minimum atomic E-state index is 0.0365. The van der Waals surface area contributed by atoms with E-state index in [9.17, 15) is 4.79 Å². The third-order valence-corrected chi connectivity index (χ3v) is 5.63. The van der Waals surface area contributed by atoms with Crippen LogP contribution in [0.3, 0.4) is 0 Å². The average molecular weight is 372 g/mol. The highest BCUT2D eigenvalue weighted by molar-refractivity contribution is 7.10. The van der Waals surface area contributed by atoms with Crippen molar-refractivity contribution < 1.29 is 4.79 Å². The van der Waals surface area contributed by atoms with Gasteiger partial charge >= 0.3 is 0 Å². The van der Waals surface area contributed by atoms with Gasteiger partial charge in [0.25, 0.3) is 5.91 Å². The maximum absolute atomic E-state index is 12.9. The summed E-state index contributed by atoms with van der Waals surface area (Å²) >= 11 is 1.32. The first-order chi connectivity index (χ1) is 12.6. The number of rotatable bonds is 3. The van der Waals surface area contributed by atoms with Crippen LogP contribution < -0.4 is 10.2 Å². The number of nitrogens with one attached hydrogen (secondary N) is 1. The van der Waals surface area contributed by atoms with E-state index in [4.69, 9.17) is 0 Å². The molecule has 1 aliphatic rings. The van der Waals surface area contributed by atoms with Gasteiger partial charge < -0.3 is 15.1 Å². The second kappa shape index (κ2) is 6.52. The smallest absolute Gasteiger partial charge is 0.258 e. The SMILES string of the molecule is CNc1snc(C)c1C(=O)N1CCN(c2ncnc3c2cnn3C)CC1. The molecule has 0 radical (unpaired) electrons. The van der Waals surface area contributed by atoms with Gasteiger partial charge in [0.15, 0.2) is 5.65 Å². The van der Waals surface area contributed by atoms with E-state index in [-0.39, 0.29) is 5.91 Å². The van der Waals surface area contributed by atoms with Gasteiger partial charge in [-0.15, -0.1) is 0 Å². The molecule has 1 N–H and O–H groups in total. The summed E-state index contributed by atoms with van der Waals surface area (Å²) in [5.74, 6) is 0.911. The number of hydrogen-bond donors (Lipinski definition) is 1. The van der Waals surface area contributed by atoms with Gasteiger partial charge in [-0.25, -0.2) is 9.97 Å². The summed E-state index contributed by atoms with van der Waals surface area (Å²) in [6, 6.07) is 0. The molecule has 1 saturated heterocycles. The number of nitrogens with zero attached hydrogens (tertiary/aromatic N) is 7. The second-order valence-corrected chi connectivity index (χ2v) is 6.98. The Kier molecular flexibility index (Phi) is 4.19. The van der Waals surface area contributed by atoms with Crippen LogP contribution in [-0.2, 0) is 7.05 Å². The molecule has 10 heteroatoms. The number of carbonyl (C=O) groups is 1. The minimum absolute atomic E-state index is 0.0365.